The van der Waals surface area contributed by atoms with E-state index >= 15 is 0 Å². The number of fused-ring (bicyclic) bond motifs is 1. The van der Waals surface area contributed by atoms with E-state index in [-0.39, 0.29) is 11.0 Å². The van der Waals surface area contributed by atoms with Crippen molar-refractivity contribution in [1.82, 2.24) is 20.3 Å². The van der Waals surface area contributed by atoms with Crippen LogP contribution < -0.4 is 10.6 Å². The molecule has 0 saturated carbocycles. The first-order valence-corrected chi connectivity index (χ1v) is 10.0. The Hall–Kier alpha value is -3.10. The summed E-state index contributed by atoms with van der Waals surface area (Å²) >= 11 is 8.62. The Morgan fingerprint density at radius 3 is 2.52 bits per heavy atom. The van der Waals surface area contributed by atoms with Crippen molar-refractivity contribution in [2.75, 3.05) is 5.32 Å². The number of hydrogen-bond donors (Lipinski definition) is 2. The summed E-state index contributed by atoms with van der Waals surface area (Å²) in [6.07, 6.45) is 0. The van der Waals surface area contributed by atoms with Crippen molar-refractivity contribution in [1.29, 1.82) is 0 Å². The molecule has 1 aromatic heterocycles. The minimum atomic E-state index is -0.282. The monoisotopic (exact) mass is 465 g/mol. The van der Waals surface area contributed by atoms with Crippen LogP contribution in [-0.2, 0) is 0 Å². The Balaban J connectivity index is 1.48. The van der Waals surface area contributed by atoms with Crippen LogP contribution in [0, 0.1) is 6.92 Å². The molecule has 0 saturated heterocycles. The van der Waals surface area contributed by atoms with Crippen LogP contribution in [-0.4, -0.2) is 26.0 Å². The number of halogens is 1. The van der Waals surface area contributed by atoms with Gasteiger partial charge in [-0.1, -0.05) is 39.7 Å². The summed E-state index contributed by atoms with van der Waals surface area (Å²) in [4.78, 5) is 13.9. The van der Waals surface area contributed by atoms with Crippen molar-refractivity contribution in [2.45, 2.75) is 6.92 Å². The first kappa shape index (κ1) is 19.2. The van der Waals surface area contributed by atoms with Crippen molar-refractivity contribution >= 4 is 55.9 Å². The fourth-order valence-corrected chi connectivity index (χ4v) is 3.36. The predicted octanol–water partition coefficient (Wildman–Crippen LogP) is 4.62. The molecule has 0 atom stereocenters. The SMILES string of the molecule is Cc1ccc(-n2nc3ccc(NC(=S)NC(=O)c4cccc(Br)c4)cc3n2)cc1. The number of carbonyl (C=O) groups excluding carboxylic acids is 1. The van der Waals surface area contributed by atoms with Gasteiger partial charge in [-0.15, -0.1) is 10.2 Å². The number of thiocarbonyl (C=S) groups is 1. The highest BCUT2D eigenvalue weighted by Gasteiger charge is 2.10. The molecule has 8 heteroatoms. The molecule has 29 heavy (non-hydrogen) atoms. The van der Waals surface area contributed by atoms with Crippen LogP contribution in [0.15, 0.2) is 71.2 Å². The molecule has 4 rings (SSSR count). The molecule has 0 unspecified atom stereocenters. The number of carbonyl (C=O) groups is 1. The zero-order valence-electron chi connectivity index (χ0n) is 15.4. The molecule has 0 fully saturated rings. The topological polar surface area (TPSA) is 71.8 Å². The van der Waals surface area contributed by atoms with Gasteiger partial charge >= 0.3 is 0 Å². The van der Waals surface area contributed by atoms with E-state index in [0.717, 1.165) is 21.2 Å². The van der Waals surface area contributed by atoms with Crippen LogP contribution in [0.1, 0.15) is 15.9 Å². The average molecular weight is 466 g/mol. The first-order chi connectivity index (χ1) is 14.0. The Labute approximate surface area is 181 Å². The minimum Gasteiger partial charge on any atom is -0.332 e. The summed E-state index contributed by atoms with van der Waals surface area (Å²) in [6, 6.07) is 20.6. The van der Waals surface area contributed by atoms with E-state index in [1.54, 1.807) is 23.0 Å². The highest BCUT2D eigenvalue weighted by molar-refractivity contribution is 9.10. The van der Waals surface area contributed by atoms with E-state index in [4.69, 9.17) is 12.2 Å². The summed E-state index contributed by atoms with van der Waals surface area (Å²) < 4.78 is 0.825. The molecule has 4 aromatic rings. The Bertz CT molecular complexity index is 1220. The largest absolute Gasteiger partial charge is 0.332 e. The lowest BCUT2D eigenvalue weighted by atomic mass is 10.2. The molecule has 0 bridgehead atoms. The lowest BCUT2D eigenvalue weighted by Crippen LogP contribution is -2.34. The van der Waals surface area contributed by atoms with Gasteiger partial charge < -0.3 is 5.32 Å². The van der Waals surface area contributed by atoms with Crippen molar-refractivity contribution in [2.24, 2.45) is 0 Å². The van der Waals surface area contributed by atoms with Crippen LogP contribution in [0.3, 0.4) is 0 Å². The highest BCUT2D eigenvalue weighted by Crippen LogP contribution is 2.18. The number of nitrogens with one attached hydrogen (secondary N) is 2. The first-order valence-electron chi connectivity index (χ1n) is 8.80. The summed E-state index contributed by atoms with van der Waals surface area (Å²) in [5, 5.41) is 14.9. The maximum atomic E-state index is 12.3. The molecular weight excluding hydrogens is 450 g/mol. The summed E-state index contributed by atoms with van der Waals surface area (Å²) in [7, 11) is 0. The molecule has 1 heterocycles. The van der Waals surface area contributed by atoms with Gasteiger partial charge in [0.15, 0.2) is 5.11 Å². The van der Waals surface area contributed by atoms with Crippen LogP contribution in [0.5, 0.6) is 0 Å². The van der Waals surface area contributed by atoms with Crippen molar-refractivity contribution in [3.63, 3.8) is 0 Å². The van der Waals surface area contributed by atoms with Crippen molar-refractivity contribution in [3.8, 4) is 5.69 Å². The predicted molar refractivity (Wildman–Crippen MR) is 121 cm³/mol. The Morgan fingerprint density at radius 2 is 1.76 bits per heavy atom. The van der Waals surface area contributed by atoms with Gasteiger partial charge in [0.25, 0.3) is 5.91 Å². The number of benzene rings is 3. The molecule has 0 radical (unpaired) electrons. The van der Waals surface area contributed by atoms with Crippen LogP contribution in [0.2, 0.25) is 0 Å². The third-order valence-corrected chi connectivity index (χ3v) is 4.91. The summed E-state index contributed by atoms with van der Waals surface area (Å²) in [6.45, 7) is 2.03. The molecule has 6 nitrogen and oxygen atoms in total. The number of rotatable bonds is 3. The zero-order valence-corrected chi connectivity index (χ0v) is 17.8. The van der Waals surface area contributed by atoms with Gasteiger partial charge in [-0.2, -0.15) is 4.80 Å². The van der Waals surface area contributed by atoms with E-state index < -0.39 is 0 Å². The number of aromatic nitrogens is 3. The second-order valence-corrected chi connectivity index (χ2v) is 7.77. The second-order valence-electron chi connectivity index (χ2n) is 6.45. The third-order valence-electron chi connectivity index (χ3n) is 4.22. The van der Waals surface area contributed by atoms with E-state index in [9.17, 15) is 4.79 Å². The van der Waals surface area contributed by atoms with Crippen LogP contribution in [0.4, 0.5) is 5.69 Å². The van der Waals surface area contributed by atoms with Crippen LogP contribution >= 0.6 is 28.1 Å². The molecule has 0 aliphatic heterocycles. The molecule has 0 aliphatic rings. The summed E-state index contributed by atoms with van der Waals surface area (Å²) in [5.74, 6) is -0.282. The van der Waals surface area contributed by atoms with Crippen molar-refractivity contribution < 1.29 is 4.79 Å². The smallest absolute Gasteiger partial charge is 0.257 e. The minimum absolute atomic E-state index is 0.209. The van der Waals surface area contributed by atoms with E-state index in [2.05, 4.69) is 36.8 Å². The molecule has 3 aromatic carbocycles. The number of nitrogens with zero attached hydrogens (tertiary/aromatic N) is 3. The normalized spacial score (nSPS) is 10.7. The second kappa shape index (κ2) is 8.10. The molecule has 1 amide bonds. The maximum Gasteiger partial charge on any atom is 0.257 e. The number of anilines is 1. The standard InChI is InChI=1S/C21H16BrN5OS/c1-13-5-8-17(9-6-13)27-25-18-10-7-16(12-19(18)26-27)23-21(29)24-20(28)14-3-2-4-15(22)11-14/h2-12H,1H3,(H2,23,24,28,29). The number of hydrogen-bond acceptors (Lipinski definition) is 4. The van der Waals surface area contributed by atoms with Gasteiger partial charge in [0, 0.05) is 15.7 Å². The third kappa shape index (κ3) is 4.49. The number of aryl methyl sites for hydroxylation is 1. The lowest BCUT2D eigenvalue weighted by molar-refractivity contribution is 0.0977. The summed E-state index contributed by atoms with van der Waals surface area (Å²) in [5.41, 5.74) is 4.78. The van der Waals surface area contributed by atoms with Gasteiger partial charge in [0.1, 0.15) is 11.0 Å². The van der Waals surface area contributed by atoms with Crippen molar-refractivity contribution in [3.05, 3.63) is 82.3 Å². The quantitative estimate of drug-likeness (QED) is 0.432. The molecule has 144 valence electrons. The fourth-order valence-electron chi connectivity index (χ4n) is 2.75. The molecule has 2 N–H and O–H groups in total. The molecular formula is C21H16BrN5OS. The molecule has 0 spiro atoms. The van der Waals surface area contributed by atoms with Gasteiger partial charge in [-0.3, -0.25) is 10.1 Å². The Kier molecular flexibility index (Phi) is 5.37. The van der Waals surface area contributed by atoms with Gasteiger partial charge in [-0.05, 0) is 67.7 Å². The maximum absolute atomic E-state index is 12.3. The zero-order chi connectivity index (χ0) is 20.4. The van der Waals surface area contributed by atoms with Gasteiger partial charge in [0.05, 0.1) is 5.69 Å². The van der Waals surface area contributed by atoms with E-state index in [0.29, 0.717) is 11.3 Å². The van der Waals surface area contributed by atoms with Gasteiger partial charge in [0.2, 0.25) is 0 Å². The van der Waals surface area contributed by atoms with Gasteiger partial charge in [-0.25, -0.2) is 0 Å². The van der Waals surface area contributed by atoms with E-state index in [1.165, 1.54) is 5.56 Å². The van der Waals surface area contributed by atoms with Crippen LogP contribution in [0.25, 0.3) is 16.7 Å². The Morgan fingerprint density at radius 1 is 1.00 bits per heavy atom. The highest BCUT2D eigenvalue weighted by atomic mass is 79.9. The number of amides is 1. The average Bonchev–Trinajstić information content (AvgIpc) is 3.11. The fraction of sp³-hybridized carbons (Fsp3) is 0.0476. The lowest BCUT2D eigenvalue weighted by Gasteiger charge is -2.09. The van der Waals surface area contributed by atoms with E-state index in [1.807, 2.05) is 55.5 Å². The molecule has 0 aliphatic carbocycles.